The number of hydrogen-bond acceptors (Lipinski definition) is 3. The van der Waals surface area contributed by atoms with Crippen molar-refractivity contribution >= 4 is 5.91 Å². The van der Waals surface area contributed by atoms with Gasteiger partial charge in [-0.05, 0) is 25.0 Å². The summed E-state index contributed by atoms with van der Waals surface area (Å²) in [6, 6.07) is 1.68. The number of aryl methyl sites for hydroxylation is 1. The lowest BCUT2D eigenvalue weighted by Crippen LogP contribution is -2.27. The minimum atomic E-state index is -2.97. The first-order valence-electron chi connectivity index (χ1n) is 6.15. The second kappa shape index (κ2) is 6.45. The van der Waals surface area contributed by atoms with Crippen molar-refractivity contribution in [3.05, 3.63) is 23.4 Å². The number of aromatic nitrogens is 1. The van der Waals surface area contributed by atoms with Crippen LogP contribution in [0.15, 0.2) is 12.3 Å². The predicted molar refractivity (Wildman–Crippen MR) is 67.7 cm³/mol. The summed E-state index contributed by atoms with van der Waals surface area (Å²) >= 11 is 0. The molecule has 0 fully saturated rings. The maximum atomic E-state index is 12.8. The number of hydrogen-bond donors (Lipinski definition) is 1. The Morgan fingerprint density at radius 3 is 2.68 bits per heavy atom. The molecule has 1 aromatic heterocycles. The van der Waals surface area contributed by atoms with Crippen LogP contribution in [0.2, 0.25) is 0 Å². The Bertz CT molecular complexity index is 445. The molecule has 0 bridgehead atoms. The van der Waals surface area contributed by atoms with Gasteiger partial charge in [0.2, 0.25) is 5.88 Å². The molecule has 1 N–H and O–H groups in total. The number of alkyl halides is 2. The van der Waals surface area contributed by atoms with E-state index in [4.69, 9.17) is 4.74 Å². The number of nitrogens with one attached hydrogen (secondary N) is 1. The summed E-state index contributed by atoms with van der Waals surface area (Å²) in [5.41, 5.74) is 0.950. The molecule has 4 nitrogen and oxygen atoms in total. The Kier molecular flexibility index (Phi) is 5.20. The van der Waals surface area contributed by atoms with Gasteiger partial charge in [-0.1, -0.05) is 6.92 Å². The molecular formula is C13H18F2N2O2. The Morgan fingerprint density at radius 1 is 1.47 bits per heavy atom. The lowest BCUT2D eigenvalue weighted by molar-refractivity contribution is -0.0245. The van der Waals surface area contributed by atoms with E-state index in [0.29, 0.717) is 13.0 Å². The topological polar surface area (TPSA) is 51.2 Å². The average Bonchev–Trinajstić information content (AvgIpc) is 2.35. The summed E-state index contributed by atoms with van der Waals surface area (Å²) in [5.74, 6) is -3.38. The van der Waals surface area contributed by atoms with E-state index in [1.165, 1.54) is 6.20 Å². The van der Waals surface area contributed by atoms with E-state index in [1.54, 1.807) is 13.0 Å². The zero-order valence-corrected chi connectivity index (χ0v) is 11.3. The number of pyridine rings is 1. The highest BCUT2D eigenvalue weighted by Crippen LogP contribution is 2.22. The predicted octanol–water partition coefficient (Wildman–Crippen LogP) is 2.43. The maximum absolute atomic E-state index is 12.8. The van der Waals surface area contributed by atoms with Crippen molar-refractivity contribution in [2.24, 2.45) is 0 Å². The van der Waals surface area contributed by atoms with Gasteiger partial charge in [0.15, 0.2) is 6.61 Å². The highest BCUT2D eigenvalue weighted by molar-refractivity contribution is 5.97. The number of carbonyl (C=O) groups is 1. The van der Waals surface area contributed by atoms with E-state index in [1.807, 2.05) is 6.92 Å². The first-order chi connectivity index (χ1) is 8.89. The molecule has 1 heterocycles. The van der Waals surface area contributed by atoms with Crippen LogP contribution >= 0.6 is 0 Å². The van der Waals surface area contributed by atoms with Crippen LogP contribution in [0.1, 0.15) is 36.7 Å². The van der Waals surface area contributed by atoms with E-state index in [2.05, 4.69) is 10.3 Å². The fraction of sp³-hybridized carbons (Fsp3) is 0.538. The Hall–Kier alpha value is -1.72. The largest absolute Gasteiger partial charge is 0.471 e. The van der Waals surface area contributed by atoms with E-state index in [-0.39, 0.29) is 17.4 Å². The maximum Gasteiger partial charge on any atom is 0.278 e. The Balaban J connectivity index is 3.05. The van der Waals surface area contributed by atoms with Crippen molar-refractivity contribution in [2.75, 3.05) is 13.2 Å². The standard InChI is InChI=1S/C13H18F2N2O2/c1-4-9-6-7-17-12(19-8-13(3,14)15)10(9)11(18)16-5-2/h6-7H,4-5,8H2,1-3H3,(H,16,18). The summed E-state index contributed by atoms with van der Waals surface area (Å²) in [7, 11) is 0. The summed E-state index contributed by atoms with van der Waals surface area (Å²) in [6.45, 7) is 4.04. The van der Waals surface area contributed by atoms with Crippen LogP contribution in [0.3, 0.4) is 0 Å². The minimum absolute atomic E-state index is 0.0492. The van der Waals surface area contributed by atoms with Crippen molar-refractivity contribution in [2.45, 2.75) is 33.1 Å². The van der Waals surface area contributed by atoms with Crippen molar-refractivity contribution in [1.82, 2.24) is 10.3 Å². The Labute approximate surface area is 111 Å². The number of halogens is 2. The molecule has 0 aromatic carbocycles. The smallest absolute Gasteiger partial charge is 0.278 e. The molecule has 6 heteroatoms. The molecule has 0 radical (unpaired) electrons. The van der Waals surface area contributed by atoms with Gasteiger partial charge in [-0.15, -0.1) is 0 Å². The third kappa shape index (κ3) is 4.46. The van der Waals surface area contributed by atoms with Gasteiger partial charge in [-0.3, -0.25) is 4.79 Å². The molecule has 0 aliphatic rings. The molecule has 1 aromatic rings. The quantitative estimate of drug-likeness (QED) is 0.865. The molecule has 0 saturated heterocycles. The minimum Gasteiger partial charge on any atom is -0.471 e. The zero-order chi connectivity index (χ0) is 14.5. The second-order valence-electron chi connectivity index (χ2n) is 4.22. The molecule has 0 aliphatic carbocycles. The second-order valence-corrected chi connectivity index (χ2v) is 4.22. The highest BCUT2D eigenvalue weighted by atomic mass is 19.3. The van der Waals surface area contributed by atoms with Crippen molar-refractivity contribution in [3.63, 3.8) is 0 Å². The summed E-state index contributed by atoms with van der Waals surface area (Å²) in [6.07, 6.45) is 2.04. The molecule has 1 rings (SSSR count). The van der Waals surface area contributed by atoms with Crippen molar-refractivity contribution < 1.29 is 18.3 Å². The molecule has 0 atom stereocenters. The van der Waals surface area contributed by atoms with Crippen LogP contribution in [0, 0.1) is 0 Å². The first-order valence-corrected chi connectivity index (χ1v) is 6.15. The Morgan fingerprint density at radius 2 is 2.16 bits per heavy atom. The van der Waals surface area contributed by atoms with Crippen molar-refractivity contribution in [1.29, 1.82) is 0 Å². The lowest BCUT2D eigenvalue weighted by atomic mass is 10.1. The van der Waals surface area contributed by atoms with Gasteiger partial charge in [-0.2, -0.15) is 0 Å². The third-order valence-corrected chi connectivity index (χ3v) is 2.41. The normalized spacial score (nSPS) is 11.2. The van der Waals surface area contributed by atoms with Crippen molar-refractivity contribution in [3.8, 4) is 5.88 Å². The van der Waals surface area contributed by atoms with Gasteiger partial charge in [-0.25, -0.2) is 13.8 Å². The van der Waals surface area contributed by atoms with E-state index in [0.717, 1.165) is 12.5 Å². The molecule has 0 unspecified atom stereocenters. The van der Waals surface area contributed by atoms with E-state index >= 15 is 0 Å². The van der Waals surface area contributed by atoms with Crippen LogP contribution in [0.4, 0.5) is 8.78 Å². The monoisotopic (exact) mass is 272 g/mol. The van der Waals surface area contributed by atoms with Crippen LogP contribution < -0.4 is 10.1 Å². The van der Waals surface area contributed by atoms with Gasteiger partial charge in [0, 0.05) is 19.7 Å². The van der Waals surface area contributed by atoms with Crippen LogP contribution in [0.25, 0.3) is 0 Å². The number of rotatable bonds is 6. The summed E-state index contributed by atoms with van der Waals surface area (Å²) < 4.78 is 30.6. The van der Waals surface area contributed by atoms with Gasteiger partial charge in [0.25, 0.3) is 11.8 Å². The lowest BCUT2D eigenvalue weighted by Gasteiger charge is -2.15. The van der Waals surface area contributed by atoms with Gasteiger partial charge in [0.1, 0.15) is 5.56 Å². The molecule has 1 amide bonds. The molecular weight excluding hydrogens is 254 g/mol. The summed E-state index contributed by atoms with van der Waals surface area (Å²) in [4.78, 5) is 15.8. The van der Waals surface area contributed by atoms with Gasteiger partial charge >= 0.3 is 0 Å². The zero-order valence-electron chi connectivity index (χ0n) is 11.3. The number of carbonyl (C=O) groups excluding carboxylic acids is 1. The summed E-state index contributed by atoms with van der Waals surface area (Å²) in [5, 5.41) is 2.63. The third-order valence-electron chi connectivity index (χ3n) is 2.41. The number of amides is 1. The van der Waals surface area contributed by atoms with Crippen LogP contribution in [0.5, 0.6) is 5.88 Å². The molecule has 0 saturated carbocycles. The first kappa shape index (κ1) is 15.3. The molecule has 0 spiro atoms. The molecule has 0 aliphatic heterocycles. The van der Waals surface area contributed by atoms with E-state index in [9.17, 15) is 13.6 Å². The van der Waals surface area contributed by atoms with E-state index < -0.39 is 12.5 Å². The SMILES string of the molecule is CCNC(=O)c1c(CC)ccnc1OCC(C)(F)F. The highest BCUT2D eigenvalue weighted by Gasteiger charge is 2.25. The molecule has 19 heavy (non-hydrogen) atoms. The van der Waals surface area contributed by atoms with Gasteiger partial charge < -0.3 is 10.1 Å². The molecule has 106 valence electrons. The number of ether oxygens (including phenoxy) is 1. The van der Waals surface area contributed by atoms with Gasteiger partial charge in [0.05, 0.1) is 0 Å². The fourth-order valence-electron chi connectivity index (χ4n) is 1.57. The van der Waals surface area contributed by atoms with Crippen LogP contribution in [-0.2, 0) is 6.42 Å². The van der Waals surface area contributed by atoms with Crippen LogP contribution in [-0.4, -0.2) is 30.0 Å². The average molecular weight is 272 g/mol. The fourth-order valence-corrected chi connectivity index (χ4v) is 1.57. The number of nitrogens with zero attached hydrogens (tertiary/aromatic N) is 1.